The largest absolute Gasteiger partial charge is 0.391 e. The molecule has 3 atom stereocenters. The lowest BCUT2D eigenvalue weighted by atomic mass is 9.95. The first kappa shape index (κ1) is 17.2. The van der Waals surface area contributed by atoms with Gasteiger partial charge in [-0.15, -0.1) is 0 Å². The standard InChI is InChI=1S/C22H29NO/c1-22(2,3)23-20-14-17(15-21(20)24)13-16-9-11-19(12-10-16)18-7-5-4-6-8-18/h4-12,17,20-21,23-24H,13-15H2,1-3H3/t17-,20-,21-/m1/s1. The van der Waals surface area contributed by atoms with Gasteiger partial charge >= 0.3 is 0 Å². The molecule has 2 nitrogen and oxygen atoms in total. The fraction of sp³-hybridized carbons (Fsp3) is 0.455. The lowest BCUT2D eigenvalue weighted by Gasteiger charge is -2.27. The van der Waals surface area contributed by atoms with Crippen molar-refractivity contribution in [1.29, 1.82) is 0 Å². The van der Waals surface area contributed by atoms with Crippen LogP contribution in [-0.4, -0.2) is 22.8 Å². The van der Waals surface area contributed by atoms with Crippen molar-refractivity contribution in [2.75, 3.05) is 0 Å². The van der Waals surface area contributed by atoms with E-state index in [2.05, 4.69) is 74.6 Å². The third-order valence-corrected chi connectivity index (χ3v) is 4.83. The molecule has 2 aromatic rings. The molecule has 2 aromatic carbocycles. The topological polar surface area (TPSA) is 32.3 Å². The number of nitrogens with one attached hydrogen (secondary N) is 1. The van der Waals surface area contributed by atoms with Gasteiger partial charge in [-0.25, -0.2) is 0 Å². The molecule has 1 fully saturated rings. The highest BCUT2D eigenvalue weighted by molar-refractivity contribution is 5.63. The van der Waals surface area contributed by atoms with Gasteiger partial charge in [-0.2, -0.15) is 0 Å². The second-order valence-corrected chi connectivity index (χ2v) is 8.17. The summed E-state index contributed by atoms with van der Waals surface area (Å²) in [6.07, 6.45) is 2.78. The van der Waals surface area contributed by atoms with Crippen LogP contribution in [0.25, 0.3) is 11.1 Å². The Labute approximate surface area is 145 Å². The van der Waals surface area contributed by atoms with Crippen LogP contribution in [0.15, 0.2) is 54.6 Å². The van der Waals surface area contributed by atoms with Crippen LogP contribution in [0.5, 0.6) is 0 Å². The van der Waals surface area contributed by atoms with Crippen LogP contribution in [-0.2, 0) is 6.42 Å². The second kappa shape index (κ2) is 7.08. The molecule has 128 valence electrons. The van der Waals surface area contributed by atoms with Crippen molar-refractivity contribution >= 4 is 0 Å². The van der Waals surface area contributed by atoms with Crippen molar-refractivity contribution in [3.8, 4) is 11.1 Å². The van der Waals surface area contributed by atoms with Crippen molar-refractivity contribution in [3.63, 3.8) is 0 Å². The van der Waals surface area contributed by atoms with E-state index in [9.17, 15) is 5.11 Å². The Morgan fingerprint density at radius 3 is 2.17 bits per heavy atom. The molecule has 0 amide bonds. The van der Waals surface area contributed by atoms with Gasteiger partial charge in [0.25, 0.3) is 0 Å². The van der Waals surface area contributed by atoms with Crippen LogP contribution in [0.2, 0.25) is 0 Å². The van der Waals surface area contributed by atoms with Gasteiger partial charge in [0.2, 0.25) is 0 Å². The Morgan fingerprint density at radius 2 is 1.54 bits per heavy atom. The summed E-state index contributed by atoms with van der Waals surface area (Å²) in [4.78, 5) is 0. The minimum absolute atomic E-state index is 0.0534. The van der Waals surface area contributed by atoms with E-state index in [-0.39, 0.29) is 17.7 Å². The zero-order valence-corrected chi connectivity index (χ0v) is 15.0. The van der Waals surface area contributed by atoms with Crippen molar-refractivity contribution < 1.29 is 5.11 Å². The lowest BCUT2D eigenvalue weighted by molar-refractivity contribution is 0.133. The first-order valence-electron chi connectivity index (χ1n) is 9.01. The van der Waals surface area contributed by atoms with E-state index in [0.717, 1.165) is 19.3 Å². The van der Waals surface area contributed by atoms with Crippen LogP contribution in [0.1, 0.15) is 39.2 Å². The van der Waals surface area contributed by atoms with Gasteiger partial charge in [-0.1, -0.05) is 54.6 Å². The molecule has 2 N–H and O–H groups in total. The van der Waals surface area contributed by atoms with E-state index in [1.807, 2.05) is 6.07 Å². The molecule has 1 saturated carbocycles. The summed E-state index contributed by atoms with van der Waals surface area (Å²) in [5.41, 5.74) is 3.94. The van der Waals surface area contributed by atoms with Gasteiger partial charge in [-0.05, 0) is 62.6 Å². The van der Waals surface area contributed by atoms with Crippen LogP contribution in [0.4, 0.5) is 0 Å². The highest BCUT2D eigenvalue weighted by Gasteiger charge is 2.34. The number of hydrogen-bond acceptors (Lipinski definition) is 2. The maximum atomic E-state index is 10.3. The van der Waals surface area contributed by atoms with E-state index >= 15 is 0 Å². The fourth-order valence-corrected chi connectivity index (χ4v) is 3.79. The molecule has 3 rings (SSSR count). The van der Waals surface area contributed by atoms with Gasteiger partial charge in [-0.3, -0.25) is 0 Å². The molecule has 0 unspecified atom stereocenters. The van der Waals surface area contributed by atoms with Crippen molar-refractivity contribution in [3.05, 3.63) is 60.2 Å². The monoisotopic (exact) mass is 323 g/mol. The second-order valence-electron chi connectivity index (χ2n) is 8.17. The highest BCUT2D eigenvalue weighted by atomic mass is 16.3. The van der Waals surface area contributed by atoms with Crippen LogP contribution in [0, 0.1) is 5.92 Å². The number of aliphatic hydroxyl groups excluding tert-OH is 1. The van der Waals surface area contributed by atoms with Crippen molar-refractivity contribution in [2.24, 2.45) is 5.92 Å². The molecule has 2 heteroatoms. The Bertz CT molecular complexity index is 642. The van der Waals surface area contributed by atoms with Crippen LogP contribution >= 0.6 is 0 Å². The van der Waals surface area contributed by atoms with Gasteiger partial charge in [0.15, 0.2) is 0 Å². The zero-order chi connectivity index (χ0) is 17.2. The number of rotatable bonds is 4. The summed E-state index contributed by atoms with van der Waals surface area (Å²) in [5.74, 6) is 0.558. The Morgan fingerprint density at radius 1 is 0.917 bits per heavy atom. The molecule has 0 aliphatic heterocycles. The van der Waals surface area contributed by atoms with E-state index < -0.39 is 0 Å². The third kappa shape index (κ3) is 4.46. The molecule has 24 heavy (non-hydrogen) atoms. The van der Waals surface area contributed by atoms with E-state index in [4.69, 9.17) is 0 Å². The number of aliphatic hydroxyl groups is 1. The minimum atomic E-state index is -0.224. The molecule has 0 heterocycles. The number of hydrogen-bond donors (Lipinski definition) is 2. The molecule has 0 saturated heterocycles. The molecular formula is C22H29NO. The average Bonchev–Trinajstić information content (AvgIpc) is 2.86. The van der Waals surface area contributed by atoms with Gasteiger partial charge in [0.1, 0.15) is 0 Å². The highest BCUT2D eigenvalue weighted by Crippen LogP contribution is 2.31. The predicted octanol–water partition coefficient (Wildman–Crippen LogP) is 4.42. The Hall–Kier alpha value is -1.64. The Balaban J connectivity index is 1.61. The average molecular weight is 323 g/mol. The fourth-order valence-electron chi connectivity index (χ4n) is 3.79. The van der Waals surface area contributed by atoms with E-state index in [1.54, 1.807) is 0 Å². The lowest BCUT2D eigenvalue weighted by Crippen LogP contribution is -2.47. The van der Waals surface area contributed by atoms with Gasteiger partial charge in [0.05, 0.1) is 6.10 Å². The van der Waals surface area contributed by atoms with Crippen LogP contribution < -0.4 is 5.32 Å². The maximum absolute atomic E-state index is 10.3. The molecule has 1 aliphatic rings. The summed E-state index contributed by atoms with van der Waals surface area (Å²) in [7, 11) is 0. The van der Waals surface area contributed by atoms with Crippen molar-refractivity contribution in [2.45, 2.75) is 57.7 Å². The van der Waals surface area contributed by atoms with Gasteiger partial charge < -0.3 is 10.4 Å². The molecule has 0 aromatic heterocycles. The summed E-state index contributed by atoms with van der Waals surface area (Å²) in [6, 6.07) is 19.6. The first-order valence-corrected chi connectivity index (χ1v) is 9.01. The third-order valence-electron chi connectivity index (χ3n) is 4.83. The predicted molar refractivity (Wildman–Crippen MR) is 101 cm³/mol. The summed E-state index contributed by atoms with van der Waals surface area (Å²) in [5, 5.41) is 13.9. The normalized spacial score (nSPS) is 24.2. The Kier molecular flexibility index (Phi) is 5.07. The molecule has 0 radical (unpaired) electrons. The minimum Gasteiger partial charge on any atom is -0.391 e. The molecule has 1 aliphatic carbocycles. The SMILES string of the molecule is CC(C)(C)N[C@@H]1C[C@@H](Cc2ccc(-c3ccccc3)cc2)C[C@H]1O. The molecule has 0 spiro atoms. The maximum Gasteiger partial charge on any atom is 0.0696 e. The summed E-state index contributed by atoms with van der Waals surface area (Å²) >= 11 is 0. The quantitative estimate of drug-likeness (QED) is 0.873. The van der Waals surface area contributed by atoms with E-state index in [1.165, 1.54) is 16.7 Å². The zero-order valence-electron chi connectivity index (χ0n) is 15.0. The molecular weight excluding hydrogens is 294 g/mol. The van der Waals surface area contributed by atoms with Crippen molar-refractivity contribution in [1.82, 2.24) is 5.32 Å². The number of benzene rings is 2. The summed E-state index contributed by atoms with van der Waals surface area (Å²) in [6.45, 7) is 6.49. The smallest absolute Gasteiger partial charge is 0.0696 e. The molecule has 0 bridgehead atoms. The van der Waals surface area contributed by atoms with Gasteiger partial charge in [0, 0.05) is 11.6 Å². The van der Waals surface area contributed by atoms with Crippen LogP contribution in [0.3, 0.4) is 0 Å². The first-order chi connectivity index (χ1) is 11.4. The summed E-state index contributed by atoms with van der Waals surface area (Å²) < 4.78 is 0. The van der Waals surface area contributed by atoms with E-state index in [0.29, 0.717) is 5.92 Å².